The summed E-state index contributed by atoms with van der Waals surface area (Å²) in [5, 5.41) is 14.8. The number of fused-ring (bicyclic) bond motifs is 1. The maximum Gasteiger partial charge on any atom is 0.141 e. The van der Waals surface area contributed by atoms with Crippen LogP contribution < -0.4 is 0 Å². The quantitative estimate of drug-likeness (QED) is 0.762. The second-order valence-corrected chi connectivity index (χ2v) is 5.10. The molecule has 2 atom stereocenters. The average molecular weight is 271 g/mol. The van der Waals surface area contributed by atoms with Gasteiger partial charge in [0.25, 0.3) is 0 Å². The van der Waals surface area contributed by atoms with Gasteiger partial charge < -0.3 is 10.1 Å². The number of aliphatic hydroxyl groups is 1. The molecule has 2 unspecified atom stereocenters. The zero-order valence-corrected chi connectivity index (χ0v) is 11.5. The summed E-state index contributed by atoms with van der Waals surface area (Å²) in [5.41, 5.74) is 2.64. The third kappa shape index (κ3) is 2.30. The van der Waals surface area contributed by atoms with E-state index < -0.39 is 0 Å². The molecule has 3 aromatic heterocycles. The van der Waals surface area contributed by atoms with Gasteiger partial charge in [-0.25, -0.2) is 9.97 Å². The molecular weight excluding hydrogens is 254 g/mol. The fourth-order valence-electron chi connectivity index (χ4n) is 2.41. The Balaban J connectivity index is 1.95. The van der Waals surface area contributed by atoms with Crippen molar-refractivity contribution >= 4 is 11.0 Å². The van der Waals surface area contributed by atoms with Crippen LogP contribution in [0.5, 0.6) is 0 Å². The molecule has 0 amide bonds. The van der Waals surface area contributed by atoms with E-state index in [1.165, 1.54) is 0 Å². The van der Waals surface area contributed by atoms with Crippen LogP contribution in [0.2, 0.25) is 0 Å². The van der Waals surface area contributed by atoms with E-state index in [0.717, 1.165) is 22.3 Å². The second kappa shape index (κ2) is 5.05. The molecule has 0 saturated heterocycles. The van der Waals surface area contributed by atoms with Gasteiger partial charge in [-0.1, -0.05) is 0 Å². The van der Waals surface area contributed by atoms with Crippen molar-refractivity contribution in [3.8, 4) is 11.3 Å². The third-order valence-corrected chi connectivity index (χ3v) is 3.36. The first kappa shape index (κ1) is 12.8. The minimum absolute atomic E-state index is 0.146. The van der Waals surface area contributed by atoms with E-state index in [1.807, 2.05) is 30.1 Å². The monoisotopic (exact) mass is 271 g/mol. The van der Waals surface area contributed by atoms with Crippen LogP contribution in [0.25, 0.3) is 22.3 Å². The lowest BCUT2D eigenvalue weighted by Crippen LogP contribution is -2.12. The van der Waals surface area contributed by atoms with E-state index in [1.54, 1.807) is 19.4 Å². The van der Waals surface area contributed by atoms with Crippen LogP contribution in [0.15, 0.2) is 31.0 Å². The highest BCUT2D eigenvalue weighted by Crippen LogP contribution is 2.25. The molecule has 20 heavy (non-hydrogen) atoms. The number of nitrogens with one attached hydrogen (secondary N) is 1. The summed E-state index contributed by atoms with van der Waals surface area (Å²) in [7, 11) is 0. The normalized spacial score (nSPS) is 14.6. The number of aromatic nitrogens is 5. The van der Waals surface area contributed by atoms with Crippen LogP contribution in [0.4, 0.5) is 0 Å². The Labute approximate surface area is 116 Å². The molecule has 0 aliphatic heterocycles. The molecule has 6 heteroatoms. The molecule has 3 aromatic rings. The lowest BCUT2D eigenvalue weighted by molar-refractivity contribution is 0.162. The Morgan fingerprint density at radius 1 is 1.35 bits per heavy atom. The molecule has 104 valence electrons. The molecule has 0 aliphatic carbocycles. The van der Waals surface area contributed by atoms with Gasteiger partial charge in [0.05, 0.1) is 24.0 Å². The first-order valence-corrected chi connectivity index (χ1v) is 6.66. The summed E-state index contributed by atoms with van der Waals surface area (Å²) in [6.07, 6.45) is 7.49. The van der Waals surface area contributed by atoms with Crippen molar-refractivity contribution in [1.82, 2.24) is 24.7 Å². The average Bonchev–Trinajstić information content (AvgIpc) is 3.06. The fraction of sp³-hybridized carbons (Fsp3) is 0.357. The van der Waals surface area contributed by atoms with Crippen molar-refractivity contribution in [2.45, 2.75) is 32.4 Å². The van der Waals surface area contributed by atoms with E-state index in [0.29, 0.717) is 6.42 Å². The largest absolute Gasteiger partial charge is 0.393 e. The van der Waals surface area contributed by atoms with E-state index in [9.17, 15) is 5.11 Å². The van der Waals surface area contributed by atoms with Crippen LogP contribution in [-0.4, -0.2) is 35.9 Å². The summed E-state index contributed by atoms with van der Waals surface area (Å²) >= 11 is 0. The van der Waals surface area contributed by atoms with Crippen LogP contribution in [0, 0.1) is 0 Å². The standard InChI is InChI=1S/C14H17N5O/c1-9(5-10(2)20)19-7-11(6-18-19)13-12-3-4-15-14(12)17-8-16-13/h3-4,6-10,20H,5H2,1-2H3,(H,15,16,17). The molecule has 3 heterocycles. The molecule has 0 spiro atoms. The highest BCUT2D eigenvalue weighted by molar-refractivity contribution is 5.89. The predicted octanol–water partition coefficient (Wildman–Crippen LogP) is 2.15. The number of aromatic amines is 1. The highest BCUT2D eigenvalue weighted by atomic mass is 16.3. The summed E-state index contributed by atoms with van der Waals surface area (Å²) < 4.78 is 1.86. The van der Waals surface area contributed by atoms with Gasteiger partial charge in [-0.2, -0.15) is 5.10 Å². The van der Waals surface area contributed by atoms with Gasteiger partial charge in [-0.15, -0.1) is 0 Å². The Morgan fingerprint density at radius 2 is 2.20 bits per heavy atom. The van der Waals surface area contributed by atoms with Crippen LogP contribution in [-0.2, 0) is 0 Å². The lowest BCUT2D eigenvalue weighted by atomic mass is 10.1. The molecule has 0 radical (unpaired) electrons. The van der Waals surface area contributed by atoms with Crippen LogP contribution in [0.1, 0.15) is 26.3 Å². The lowest BCUT2D eigenvalue weighted by Gasteiger charge is -2.13. The minimum atomic E-state index is -0.340. The Morgan fingerprint density at radius 3 is 3.00 bits per heavy atom. The zero-order chi connectivity index (χ0) is 14.1. The van der Waals surface area contributed by atoms with Crippen molar-refractivity contribution in [3.63, 3.8) is 0 Å². The molecular formula is C14H17N5O. The predicted molar refractivity (Wildman–Crippen MR) is 76.1 cm³/mol. The van der Waals surface area contributed by atoms with E-state index in [4.69, 9.17) is 0 Å². The number of hydrogen-bond donors (Lipinski definition) is 2. The minimum Gasteiger partial charge on any atom is -0.393 e. The van der Waals surface area contributed by atoms with Crippen molar-refractivity contribution in [3.05, 3.63) is 31.0 Å². The molecule has 0 aromatic carbocycles. The Hall–Kier alpha value is -2.21. The molecule has 6 nitrogen and oxygen atoms in total. The van der Waals surface area contributed by atoms with Crippen LogP contribution in [0.3, 0.4) is 0 Å². The van der Waals surface area contributed by atoms with Gasteiger partial charge in [0.15, 0.2) is 0 Å². The molecule has 2 N–H and O–H groups in total. The van der Waals surface area contributed by atoms with E-state index in [2.05, 4.69) is 20.1 Å². The molecule has 0 bridgehead atoms. The first-order valence-electron chi connectivity index (χ1n) is 6.66. The van der Waals surface area contributed by atoms with E-state index in [-0.39, 0.29) is 12.1 Å². The van der Waals surface area contributed by atoms with Gasteiger partial charge in [-0.05, 0) is 26.3 Å². The summed E-state index contributed by atoms with van der Waals surface area (Å²) in [6, 6.07) is 2.11. The summed E-state index contributed by atoms with van der Waals surface area (Å²) in [4.78, 5) is 11.6. The first-order chi connectivity index (χ1) is 9.65. The number of H-pyrrole nitrogens is 1. The molecule has 0 saturated carbocycles. The number of nitrogens with zero attached hydrogens (tertiary/aromatic N) is 4. The highest BCUT2D eigenvalue weighted by Gasteiger charge is 2.13. The van der Waals surface area contributed by atoms with E-state index >= 15 is 0 Å². The third-order valence-electron chi connectivity index (χ3n) is 3.36. The van der Waals surface area contributed by atoms with Gasteiger partial charge >= 0.3 is 0 Å². The summed E-state index contributed by atoms with van der Waals surface area (Å²) in [6.45, 7) is 3.82. The topological polar surface area (TPSA) is 79.6 Å². The maximum atomic E-state index is 9.46. The van der Waals surface area contributed by atoms with Gasteiger partial charge in [0.1, 0.15) is 12.0 Å². The smallest absolute Gasteiger partial charge is 0.141 e. The second-order valence-electron chi connectivity index (χ2n) is 5.10. The molecule has 0 fully saturated rings. The number of rotatable bonds is 4. The number of hydrogen-bond acceptors (Lipinski definition) is 4. The Bertz CT molecular complexity index is 715. The van der Waals surface area contributed by atoms with Crippen LogP contribution >= 0.6 is 0 Å². The van der Waals surface area contributed by atoms with Crippen molar-refractivity contribution in [2.75, 3.05) is 0 Å². The van der Waals surface area contributed by atoms with Gasteiger partial charge in [0, 0.05) is 23.3 Å². The molecule has 0 aliphatic rings. The van der Waals surface area contributed by atoms with Crippen molar-refractivity contribution in [1.29, 1.82) is 0 Å². The fourth-order valence-corrected chi connectivity index (χ4v) is 2.41. The zero-order valence-electron chi connectivity index (χ0n) is 11.5. The molecule has 3 rings (SSSR count). The van der Waals surface area contributed by atoms with Crippen molar-refractivity contribution < 1.29 is 5.11 Å². The summed E-state index contributed by atoms with van der Waals surface area (Å²) in [5.74, 6) is 0. The number of aliphatic hydroxyl groups excluding tert-OH is 1. The maximum absolute atomic E-state index is 9.46. The Kier molecular flexibility index (Phi) is 3.23. The van der Waals surface area contributed by atoms with Gasteiger partial charge in [0.2, 0.25) is 0 Å². The van der Waals surface area contributed by atoms with Crippen molar-refractivity contribution in [2.24, 2.45) is 0 Å². The van der Waals surface area contributed by atoms with Gasteiger partial charge in [-0.3, -0.25) is 4.68 Å². The SMILES string of the molecule is CC(O)CC(C)n1cc(-c2ncnc3[nH]ccc23)cn1.